The summed E-state index contributed by atoms with van der Waals surface area (Å²) in [6, 6.07) is 21.0. The van der Waals surface area contributed by atoms with Crippen molar-refractivity contribution in [3.63, 3.8) is 0 Å². The summed E-state index contributed by atoms with van der Waals surface area (Å²) in [5.41, 5.74) is -0.222. The molecule has 0 bridgehead atoms. The molecular formula is C31H19F9O6S2. The van der Waals surface area contributed by atoms with E-state index in [9.17, 15) is 56.3 Å². The van der Waals surface area contributed by atoms with Crippen molar-refractivity contribution in [3.05, 3.63) is 103 Å². The summed E-state index contributed by atoms with van der Waals surface area (Å²) in [6.07, 6.45) is -7.29. The Bertz CT molecular complexity index is 2250. The Hall–Kier alpha value is -4.51. The fraction of sp³-hybridized carbons (Fsp3) is 0.161. The van der Waals surface area contributed by atoms with Crippen LogP contribution in [-0.2, 0) is 20.2 Å². The standard InChI is InChI=1S/C31H19F9O6S2/c1-18-10-14-21(15-11-18)47(41,42)45-24-16-12-19-6-2-4-8-22(19)26(24)27-23-9-5-3-7-20(23)13-17-25(27)46-48(43,44)31(39,40)29(34,35)28(32,33)30(36,37)38/h2-17H,1H3. The summed E-state index contributed by atoms with van der Waals surface area (Å²) in [5.74, 6) is -16.9. The summed E-state index contributed by atoms with van der Waals surface area (Å²) in [6.45, 7) is 1.68. The third-order valence-electron chi connectivity index (χ3n) is 7.17. The monoisotopic (exact) mass is 722 g/mol. The number of aryl methyl sites for hydroxylation is 1. The van der Waals surface area contributed by atoms with Crippen LogP contribution in [-0.4, -0.2) is 40.1 Å². The van der Waals surface area contributed by atoms with Crippen LogP contribution < -0.4 is 8.37 Å². The number of benzene rings is 5. The van der Waals surface area contributed by atoms with Crippen molar-refractivity contribution in [2.75, 3.05) is 0 Å². The van der Waals surface area contributed by atoms with Crippen LogP contribution >= 0.6 is 0 Å². The van der Waals surface area contributed by atoms with E-state index in [0.717, 1.165) is 12.1 Å². The number of rotatable bonds is 9. The van der Waals surface area contributed by atoms with Gasteiger partial charge in [0.1, 0.15) is 4.90 Å². The number of alkyl halides is 9. The molecular weight excluding hydrogens is 703 g/mol. The van der Waals surface area contributed by atoms with Crippen LogP contribution in [0.25, 0.3) is 32.7 Å². The maximum atomic E-state index is 14.8. The van der Waals surface area contributed by atoms with Crippen LogP contribution in [0.4, 0.5) is 39.5 Å². The highest BCUT2D eigenvalue weighted by Crippen LogP contribution is 2.55. The molecule has 5 rings (SSSR count). The maximum Gasteiger partial charge on any atom is 0.460 e. The molecule has 254 valence electrons. The van der Waals surface area contributed by atoms with Crippen molar-refractivity contribution in [2.24, 2.45) is 0 Å². The summed E-state index contributed by atoms with van der Waals surface area (Å²) < 4.78 is 185. The first-order valence-corrected chi connectivity index (χ1v) is 16.1. The van der Waals surface area contributed by atoms with Gasteiger partial charge in [-0.3, -0.25) is 0 Å². The lowest BCUT2D eigenvalue weighted by atomic mass is 9.92. The molecule has 0 amide bonds. The molecule has 0 spiro atoms. The highest BCUT2D eigenvalue weighted by molar-refractivity contribution is 7.88. The van der Waals surface area contributed by atoms with E-state index < -0.39 is 60.6 Å². The van der Waals surface area contributed by atoms with Gasteiger partial charge in [-0.1, -0.05) is 78.4 Å². The molecule has 0 aliphatic heterocycles. The van der Waals surface area contributed by atoms with Gasteiger partial charge >= 0.3 is 43.5 Å². The van der Waals surface area contributed by atoms with Crippen molar-refractivity contribution in [1.29, 1.82) is 0 Å². The van der Waals surface area contributed by atoms with Crippen LogP contribution in [0.15, 0.2) is 102 Å². The van der Waals surface area contributed by atoms with Crippen molar-refractivity contribution in [3.8, 4) is 22.6 Å². The molecule has 0 heterocycles. The van der Waals surface area contributed by atoms with E-state index in [1.165, 1.54) is 72.8 Å². The maximum absolute atomic E-state index is 14.8. The molecule has 0 aliphatic carbocycles. The molecule has 5 aromatic carbocycles. The zero-order chi connectivity index (χ0) is 35.5. The van der Waals surface area contributed by atoms with Crippen LogP contribution in [0.2, 0.25) is 0 Å². The van der Waals surface area contributed by atoms with Gasteiger partial charge in [-0.05, 0) is 52.7 Å². The topological polar surface area (TPSA) is 86.7 Å². The average molecular weight is 723 g/mol. The van der Waals surface area contributed by atoms with Gasteiger partial charge in [-0.25, -0.2) is 0 Å². The minimum Gasteiger partial charge on any atom is -0.378 e. The normalized spacial score (nSPS) is 13.5. The van der Waals surface area contributed by atoms with Gasteiger partial charge in [0, 0.05) is 11.1 Å². The molecule has 0 N–H and O–H groups in total. The van der Waals surface area contributed by atoms with Gasteiger partial charge in [-0.15, -0.1) is 0 Å². The molecule has 0 aromatic heterocycles. The fourth-order valence-electron chi connectivity index (χ4n) is 4.72. The van der Waals surface area contributed by atoms with Crippen LogP contribution in [0, 0.1) is 6.92 Å². The Morgan fingerprint density at radius 2 is 0.958 bits per heavy atom. The first-order chi connectivity index (χ1) is 22.1. The number of halogens is 9. The van der Waals surface area contributed by atoms with Crippen LogP contribution in [0.1, 0.15) is 5.56 Å². The summed E-state index contributed by atoms with van der Waals surface area (Å²) >= 11 is 0. The summed E-state index contributed by atoms with van der Waals surface area (Å²) in [7, 11) is -12.1. The second-order valence-electron chi connectivity index (χ2n) is 10.4. The lowest BCUT2D eigenvalue weighted by Crippen LogP contribution is -2.63. The van der Waals surface area contributed by atoms with E-state index in [-0.39, 0.29) is 26.6 Å². The highest BCUT2D eigenvalue weighted by Gasteiger charge is 2.86. The predicted octanol–water partition coefficient (Wildman–Crippen LogP) is 8.87. The smallest absolute Gasteiger partial charge is 0.378 e. The Morgan fingerprint density at radius 1 is 0.521 bits per heavy atom. The van der Waals surface area contributed by atoms with Gasteiger partial charge in [0.15, 0.2) is 11.5 Å². The highest BCUT2D eigenvalue weighted by atomic mass is 32.2. The lowest BCUT2D eigenvalue weighted by molar-refractivity contribution is -0.382. The Balaban J connectivity index is 1.77. The summed E-state index contributed by atoms with van der Waals surface area (Å²) in [5, 5.41) is -6.60. The van der Waals surface area contributed by atoms with E-state index in [1.54, 1.807) is 13.0 Å². The zero-order valence-electron chi connectivity index (χ0n) is 23.9. The van der Waals surface area contributed by atoms with Crippen LogP contribution in [0.5, 0.6) is 11.5 Å². The molecule has 0 saturated carbocycles. The van der Waals surface area contributed by atoms with Gasteiger partial charge in [0.2, 0.25) is 0 Å². The molecule has 6 nitrogen and oxygen atoms in total. The van der Waals surface area contributed by atoms with E-state index in [4.69, 9.17) is 4.18 Å². The minimum absolute atomic E-state index is 0.0742. The van der Waals surface area contributed by atoms with Crippen molar-refractivity contribution in [2.45, 2.75) is 35.1 Å². The molecule has 0 fully saturated rings. The van der Waals surface area contributed by atoms with Gasteiger partial charge < -0.3 is 8.37 Å². The van der Waals surface area contributed by atoms with Gasteiger partial charge in [0.05, 0.1) is 0 Å². The lowest BCUT2D eigenvalue weighted by Gasteiger charge is -2.32. The van der Waals surface area contributed by atoms with Crippen molar-refractivity contribution < 1.29 is 64.7 Å². The van der Waals surface area contributed by atoms with Crippen molar-refractivity contribution >= 4 is 41.8 Å². The van der Waals surface area contributed by atoms with E-state index >= 15 is 0 Å². The number of hydrogen-bond acceptors (Lipinski definition) is 6. The molecule has 48 heavy (non-hydrogen) atoms. The second kappa shape index (κ2) is 11.6. The zero-order valence-corrected chi connectivity index (χ0v) is 25.5. The minimum atomic E-state index is -7.55. The molecule has 0 radical (unpaired) electrons. The molecule has 0 aliphatic rings. The van der Waals surface area contributed by atoms with E-state index in [1.807, 2.05) is 0 Å². The van der Waals surface area contributed by atoms with Gasteiger partial charge in [-0.2, -0.15) is 56.3 Å². The molecule has 0 saturated heterocycles. The molecule has 0 unspecified atom stereocenters. The van der Waals surface area contributed by atoms with Crippen LogP contribution in [0.3, 0.4) is 0 Å². The number of fused-ring (bicyclic) bond motifs is 2. The molecule has 17 heteroatoms. The summed E-state index contributed by atoms with van der Waals surface area (Å²) in [4.78, 5) is -0.336. The second-order valence-corrected chi connectivity index (χ2v) is 13.5. The third-order valence-corrected chi connectivity index (χ3v) is 9.70. The van der Waals surface area contributed by atoms with Crippen molar-refractivity contribution in [1.82, 2.24) is 0 Å². The Morgan fingerprint density at radius 3 is 1.42 bits per heavy atom. The van der Waals surface area contributed by atoms with E-state index in [0.29, 0.717) is 17.0 Å². The first kappa shape index (κ1) is 34.8. The van der Waals surface area contributed by atoms with Gasteiger partial charge in [0.25, 0.3) is 0 Å². The molecule has 5 aromatic rings. The third kappa shape index (κ3) is 5.67. The largest absolute Gasteiger partial charge is 0.460 e. The number of hydrogen-bond donors (Lipinski definition) is 0. The average Bonchev–Trinajstić information content (AvgIpc) is 3.00. The SMILES string of the molecule is Cc1ccc(S(=O)(=O)Oc2ccc3ccccc3c2-c2c(OS(=O)(=O)C(F)(F)C(F)(F)C(F)(F)C(F)(F)F)ccc3ccccc23)cc1. The first-order valence-electron chi connectivity index (χ1n) is 13.3. The Labute approximate surface area is 266 Å². The fourth-order valence-corrected chi connectivity index (χ4v) is 6.58. The molecule has 0 atom stereocenters. The predicted molar refractivity (Wildman–Crippen MR) is 156 cm³/mol. The van der Waals surface area contributed by atoms with E-state index in [2.05, 4.69) is 4.18 Å². The Kier molecular flexibility index (Phi) is 8.40. The quantitative estimate of drug-likeness (QED) is 0.112.